The Labute approximate surface area is 106 Å². The van der Waals surface area contributed by atoms with Crippen LogP contribution in [0, 0.1) is 6.92 Å². The van der Waals surface area contributed by atoms with Gasteiger partial charge in [0.05, 0.1) is 6.54 Å². The molecule has 2 rings (SSSR count). The molecule has 0 aliphatic carbocycles. The van der Waals surface area contributed by atoms with Crippen molar-refractivity contribution in [3.05, 3.63) is 29.8 Å². The summed E-state index contributed by atoms with van der Waals surface area (Å²) in [6.07, 6.45) is 0.357. The average Bonchev–Trinajstić information content (AvgIpc) is 2.32. The van der Waals surface area contributed by atoms with Crippen molar-refractivity contribution in [3.8, 4) is 5.75 Å². The molecule has 0 unspecified atom stereocenters. The van der Waals surface area contributed by atoms with Gasteiger partial charge in [-0.3, -0.25) is 10.1 Å². The van der Waals surface area contributed by atoms with Gasteiger partial charge in [0.25, 0.3) is 0 Å². The SMILES string of the molecule is Cc1cccc(OCCN2CCC(=O)NC2=O)c1. The molecule has 1 aromatic carbocycles. The van der Waals surface area contributed by atoms with E-state index in [0.717, 1.165) is 11.3 Å². The van der Waals surface area contributed by atoms with Gasteiger partial charge in [-0.2, -0.15) is 0 Å². The molecule has 0 aromatic heterocycles. The van der Waals surface area contributed by atoms with Crippen LogP contribution >= 0.6 is 0 Å². The lowest BCUT2D eigenvalue weighted by atomic mass is 10.2. The predicted octanol–water partition coefficient (Wildman–Crippen LogP) is 1.32. The van der Waals surface area contributed by atoms with Crippen LogP contribution in [0.2, 0.25) is 0 Å². The van der Waals surface area contributed by atoms with Crippen LogP contribution in [0.25, 0.3) is 0 Å². The van der Waals surface area contributed by atoms with E-state index in [2.05, 4.69) is 5.32 Å². The highest BCUT2D eigenvalue weighted by molar-refractivity contribution is 5.96. The summed E-state index contributed by atoms with van der Waals surface area (Å²) in [6, 6.07) is 7.42. The molecule has 0 bridgehead atoms. The number of hydrogen-bond acceptors (Lipinski definition) is 3. The topological polar surface area (TPSA) is 58.6 Å². The largest absolute Gasteiger partial charge is 0.492 e. The Morgan fingerprint density at radius 3 is 2.94 bits per heavy atom. The van der Waals surface area contributed by atoms with Gasteiger partial charge in [-0.25, -0.2) is 4.79 Å². The zero-order valence-corrected chi connectivity index (χ0v) is 10.3. The number of ether oxygens (including phenoxy) is 1. The number of urea groups is 1. The Morgan fingerprint density at radius 2 is 2.22 bits per heavy atom. The molecule has 96 valence electrons. The molecule has 5 heteroatoms. The van der Waals surface area contributed by atoms with E-state index in [-0.39, 0.29) is 11.9 Å². The van der Waals surface area contributed by atoms with Crippen LogP contribution in [0.3, 0.4) is 0 Å². The smallest absolute Gasteiger partial charge is 0.324 e. The molecule has 1 N–H and O–H groups in total. The van der Waals surface area contributed by atoms with Gasteiger partial charge in [-0.1, -0.05) is 12.1 Å². The van der Waals surface area contributed by atoms with E-state index in [9.17, 15) is 9.59 Å². The number of amides is 3. The van der Waals surface area contributed by atoms with Crippen molar-refractivity contribution in [3.63, 3.8) is 0 Å². The molecule has 0 saturated carbocycles. The number of hydrogen-bond donors (Lipinski definition) is 1. The van der Waals surface area contributed by atoms with E-state index in [1.807, 2.05) is 31.2 Å². The molecular formula is C13H16N2O3. The zero-order valence-electron chi connectivity index (χ0n) is 10.3. The van der Waals surface area contributed by atoms with E-state index in [0.29, 0.717) is 26.1 Å². The lowest BCUT2D eigenvalue weighted by Gasteiger charge is -2.26. The Morgan fingerprint density at radius 1 is 1.39 bits per heavy atom. The third kappa shape index (κ3) is 3.23. The van der Waals surface area contributed by atoms with E-state index >= 15 is 0 Å². The van der Waals surface area contributed by atoms with Crippen LogP contribution in [0.1, 0.15) is 12.0 Å². The molecule has 1 fully saturated rings. The Balaban J connectivity index is 1.78. The van der Waals surface area contributed by atoms with Crippen LogP contribution in [0.15, 0.2) is 24.3 Å². The highest BCUT2D eigenvalue weighted by Crippen LogP contribution is 2.12. The minimum absolute atomic E-state index is 0.212. The van der Waals surface area contributed by atoms with Crippen LogP contribution in [0.4, 0.5) is 4.79 Å². The van der Waals surface area contributed by atoms with Crippen LogP contribution in [-0.2, 0) is 4.79 Å². The number of nitrogens with one attached hydrogen (secondary N) is 1. The molecule has 0 radical (unpaired) electrons. The maximum Gasteiger partial charge on any atom is 0.324 e. The van der Waals surface area contributed by atoms with Crippen molar-refractivity contribution >= 4 is 11.9 Å². The van der Waals surface area contributed by atoms with Crippen molar-refractivity contribution in [2.75, 3.05) is 19.7 Å². The molecule has 1 saturated heterocycles. The quantitative estimate of drug-likeness (QED) is 0.874. The molecule has 1 aliphatic rings. The van der Waals surface area contributed by atoms with Gasteiger partial charge in [-0.15, -0.1) is 0 Å². The minimum Gasteiger partial charge on any atom is -0.492 e. The number of nitrogens with zero attached hydrogens (tertiary/aromatic N) is 1. The molecule has 3 amide bonds. The Kier molecular flexibility index (Phi) is 3.82. The number of carbonyl (C=O) groups excluding carboxylic acids is 2. The maximum atomic E-state index is 11.4. The summed E-state index contributed by atoms with van der Waals surface area (Å²) >= 11 is 0. The fourth-order valence-corrected chi connectivity index (χ4v) is 1.79. The normalized spacial score (nSPS) is 15.5. The highest BCUT2D eigenvalue weighted by atomic mass is 16.5. The third-order valence-corrected chi connectivity index (χ3v) is 2.76. The monoisotopic (exact) mass is 248 g/mol. The molecule has 18 heavy (non-hydrogen) atoms. The molecule has 5 nitrogen and oxygen atoms in total. The standard InChI is InChI=1S/C13H16N2O3/c1-10-3-2-4-11(9-10)18-8-7-15-6-5-12(16)14-13(15)17/h2-4,9H,5-8H2,1H3,(H,14,16,17). The first-order chi connectivity index (χ1) is 8.65. The second-order valence-electron chi connectivity index (χ2n) is 4.26. The minimum atomic E-state index is -0.334. The molecule has 0 spiro atoms. The number of rotatable bonds is 4. The second-order valence-corrected chi connectivity index (χ2v) is 4.26. The van der Waals surface area contributed by atoms with Crippen molar-refractivity contribution in [1.82, 2.24) is 10.2 Å². The summed E-state index contributed by atoms with van der Waals surface area (Å²) < 4.78 is 5.56. The number of imide groups is 1. The van der Waals surface area contributed by atoms with Crippen molar-refractivity contribution in [2.24, 2.45) is 0 Å². The fourth-order valence-electron chi connectivity index (χ4n) is 1.79. The molecule has 1 aliphatic heterocycles. The van der Waals surface area contributed by atoms with Gasteiger partial charge in [-0.05, 0) is 24.6 Å². The summed E-state index contributed by atoms with van der Waals surface area (Å²) in [7, 11) is 0. The Hall–Kier alpha value is -2.04. The zero-order chi connectivity index (χ0) is 13.0. The van der Waals surface area contributed by atoms with Crippen LogP contribution in [-0.4, -0.2) is 36.5 Å². The molecule has 1 heterocycles. The first-order valence-electron chi connectivity index (χ1n) is 5.93. The summed E-state index contributed by atoms with van der Waals surface area (Å²) in [6.45, 7) is 3.36. The van der Waals surface area contributed by atoms with Gasteiger partial charge in [0.1, 0.15) is 12.4 Å². The van der Waals surface area contributed by atoms with Gasteiger partial charge in [0.15, 0.2) is 0 Å². The third-order valence-electron chi connectivity index (χ3n) is 2.76. The summed E-state index contributed by atoms with van der Waals surface area (Å²) in [5, 5.41) is 2.28. The second kappa shape index (κ2) is 5.53. The van der Waals surface area contributed by atoms with Crippen molar-refractivity contribution < 1.29 is 14.3 Å². The van der Waals surface area contributed by atoms with Gasteiger partial charge < -0.3 is 9.64 Å². The van der Waals surface area contributed by atoms with Gasteiger partial charge >= 0.3 is 6.03 Å². The predicted molar refractivity (Wildman–Crippen MR) is 66.4 cm³/mol. The summed E-state index contributed by atoms with van der Waals surface area (Å²) in [5.74, 6) is 0.583. The first-order valence-corrected chi connectivity index (χ1v) is 5.93. The number of benzene rings is 1. The van der Waals surface area contributed by atoms with Gasteiger partial charge in [0.2, 0.25) is 5.91 Å². The number of aryl methyl sites for hydroxylation is 1. The van der Waals surface area contributed by atoms with Crippen molar-refractivity contribution in [1.29, 1.82) is 0 Å². The molecule has 1 aromatic rings. The van der Waals surface area contributed by atoms with Crippen LogP contribution in [0.5, 0.6) is 5.75 Å². The lowest BCUT2D eigenvalue weighted by Crippen LogP contribution is -2.50. The van der Waals surface area contributed by atoms with E-state index in [4.69, 9.17) is 4.74 Å². The molecule has 0 atom stereocenters. The van der Waals surface area contributed by atoms with Crippen LogP contribution < -0.4 is 10.1 Å². The Bertz CT molecular complexity index is 459. The first kappa shape index (κ1) is 12.4. The van der Waals surface area contributed by atoms with E-state index < -0.39 is 0 Å². The number of carbonyl (C=O) groups is 2. The lowest BCUT2D eigenvalue weighted by molar-refractivity contribution is -0.121. The average molecular weight is 248 g/mol. The maximum absolute atomic E-state index is 11.4. The van der Waals surface area contributed by atoms with E-state index in [1.54, 1.807) is 4.90 Å². The fraction of sp³-hybridized carbons (Fsp3) is 0.385. The van der Waals surface area contributed by atoms with E-state index in [1.165, 1.54) is 0 Å². The van der Waals surface area contributed by atoms with Crippen molar-refractivity contribution in [2.45, 2.75) is 13.3 Å². The summed E-state index contributed by atoms with van der Waals surface area (Å²) in [5.41, 5.74) is 1.13. The summed E-state index contributed by atoms with van der Waals surface area (Å²) in [4.78, 5) is 24.0. The molecular weight excluding hydrogens is 232 g/mol. The highest BCUT2D eigenvalue weighted by Gasteiger charge is 2.22. The van der Waals surface area contributed by atoms with Gasteiger partial charge in [0, 0.05) is 13.0 Å².